The molecule has 2 aromatic rings. The van der Waals surface area contributed by atoms with Gasteiger partial charge in [-0.3, -0.25) is 0 Å². The average molecular weight is 306 g/mol. The molecule has 1 saturated carbocycles. The van der Waals surface area contributed by atoms with Gasteiger partial charge in [-0.1, -0.05) is 17.8 Å². The second-order valence-corrected chi connectivity index (χ2v) is 5.82. The second kappa shape index (κ2) is 6.86. The summed E-state index contributed by atoms with van der Waals surface area (Å²) in [6, 6.07) is 6.45. The molecule has 112 valence electrons. The number of ether oxygens (including phenoxy) is 1. The number of nitrogens with one attached hydrogen (secondary N) is 1. The quantitative estimate of drug-likeness (QED) is 0.732. The highest BCUT2D eigenvalue weighted by Gasteiger charge is 2.20. The molecule has 0 bridgehead atoms. The smallest absolute Gasteiger partial charge is 0.213 e. The lowest BCUT2D eigenvalue weighted by Crippen LogP contribution is -2.22. The predicted octanol–water partition coefficient (Wildman–Crippen LogP) is 1.12. The average Bonchev–Trinajstić information content (AvgIpc) is 3.23. The van der Waals surface area contributed by atoms with Crippen molar-refractivity contribution in [3.05, 3.63) is 23.9 Å². The molecular formula is C13H18N6OS. The van der Waals surface area contributed by atoms with Crippen LogP contribution in [0.5, 0.6) is 5.88 Å². The minimum atomic E-state index is 0.626. The van der Waals surface area contributed by atoms with Crippen molar-refractivity contribution in [1.29, 1.82) is 0 Å². The van der Waals surface area contributed by atoms with E-state index < -0.39 is 0 Å². The van der Waals surface area contributed by atoms with Crippen LogP contribution in [0.3, 0.4) is 0 Å². The first-order valence-corrected chi connectivity index (χ1v) is 7.96. The Labute approximate surface area is 127 Å². The van der Waals surface area contributed by atoms with Crippen LogP contribution in [0.25, 0.3) is 0 Å². The van der Waals surface area contributed by atoms with Crippen molar-refractivity contribution >= 4 is 11.8 Å². The number of nitrogens with zero attached hydrogens (tertiary/aromatic N) is 5. The van der Waals surface area contributed by atoms with Crippen LogP contribution in [0, 0.1) is 0 Å². The number of aromatic nitrogens is 5. The van der Waals surface area contributed by atoms with Gasteiger partial charge in [-0.15, -0.1) is 5.10 Å². The minimum absolute atomic E-state index is 0.626. The Hall–Kier alpha value is -1.67. The number of hydrogen-bond donors (Lipinski definition) is 1. The number of methoxy groups -OCH3 is 1. The van der Waals surface area contributed by atoms with Crippen LogP contribution in [0.4, 0.5) is 0 Å². The van der Waals surface area contributed by atoms with Gasteiger partial charge in [0, 0.05) is 24.4 Å². The molecule has 0 spiro atoms. The van der Waals surface area contributed by atoms with Crippen LogP contribution in [0.2, 0.25) is 0 Å². The van der Waals surface area contributed by atoms with Crippen LogP contribution >= 0.6 is 11.8 Å². The van der Waals surface area contributed by atoms with E-state index in [2.05, 4.69) is 25.8 Å². The van der Waals surface area contributed by atoms with Gasteiger partial charge in [0.25, 0.3) is 0 Å². The van der Waals surface area contributed by atoms with Crippen molar-refractivity contribution in [3.63, 3.8) is 0 Å². The molecule has 1 fully saturated rings. The van der Waals surface area contributed by atoms with E-state index in [1.807, 2.05) is 22.9 Å². The number of pyridine rings is 1. The summed E-state index contributed by atoms with van der Waals surface area (Å²) in [5.74, 6) is 1.34. The summed E-state index contributed by atoms with van der Waals surface area (Å²) < 4.78 is 6.96. The van der Waals surface area contributed by atoms with Crippen LogP contribution in [0.15, 0.2) is 23.4 Å². The molecule has 0 unspecified atom stereocenters. The fourth-order valence-corrected chi connectivity index (χ4v) is 2.70. The number of rotatable bonds is 8. The third-order valence-electron chi connectivity index (χ3n) is 3.17. The summed E-state index contributed by atoms with van der Waals surface area (Å²) in [5, 5.41) is 16.1. The molecule has 0 aromatic carbocycles. The monoisotopic (exact) mass is 306 g/mol. The minimum Gasteiger partial charge on any atom is -0.481 e. The lowest BCUT2D eigenvalue weighted by Gasteiger charge is -2.05. The fraction of sp³-hybridized carbons (Fsp3) is 0.538. The zero-order valence-corrected chi connectivity index (χ0v) is 12.7. The molecule has 0 amide bonds. The lowest BCUT2D eigenvalue weighted by molar-refractivity contribution is 0.397. The van der Waals surface area contributed by atoms with Gasteiger partial charge in [-0.2, -0.15) is 0 Å². The Balaban J connectivity index is 1.53. The summed E-state index contributed by atoms with van der Waals surface area (Å²) in [5.41, 5.74) is 0.949. The molecule has 1 aliphatic carbocycles. The lowest BCUT2D eigenvalue weighted by atomic mass is 10.4. The van der Waals surface area contributed by atoms with Gasteiger partial charge >= 0.3 is 0 Å². The zero-order chi connectivity index (χ0) is 14.5. The van der Waals surface area contributed by atoms with Gasteiger partial charge in [-0.25, -0.2) is 9.67 Å². The highest BCUT2D eigenvalue weighted by Crippen LogP contribution is 2.20. The number of tetrazole rings is 1. The molecule has 3 rings (SSSR count). The summed E-state index contributed by atoms with van der Waals surface area (Å²) in [6.07, 6.45) is 2.58. The van der Waals surface area contributed by atoms with Gasteiger partial charge in [-0.05, 0) is 29.3 Å². The maximum Gasteiger partial charge on any atom is 0.213 e. The Kier molecular flexibility index (Phi) is 4.66. The predicted molar refractivity (Wildman–Crippen MR) is 79.2 cm³/mol. The van der Waals surface area contributed by atoms with E-state index >= 15 is 0 Å². The van der Waals surface area contributed by atoms with Crippen molar-refractivity contribution in [2.24, 2.45) is 0 Å². The molecule has 8 heteroatoms. The van der Waals surface area contributed by atoms with E-state index in [4.69, 9.17) is 4.74 Å². The largest absolute Gasteiger partial charge is 0.481 e. The fourth-order valence-electron chi connectivity index (χ4n) is 1.89. The van der Waals surface area contributed by atoms with E-state index in [1.54, 1.807) is 18.9 Å². The summed E-state index contributed by atoms with van der Waals surface area (Å²) in [4.78, 5) is 4.38. The Morgan fingerprint density at radius 1 is 1.43 bits per heavy atom. The van der Waals surface area contributed by atoms with Crippen molar-refractivity contribution in [2.45, 2.75) is 36.3 Å². The summed E-state index contributed by atoms with van der Waals surface area (Å²) in [6.45, 7) is 1.69. The standard InChI is InChI=1S/C13H18N6OS/c1-20-12-4-2-3-11(15-12)9-21-13-16-17-18-19(13)8-7-14-10-5-6-10/h2-4,10,14H,5-9H2,1H3. The van der Waals surface area contributed by atoms with Crippen molar-refractivity contribution in [1.82, 2.24) is 30.5 Å². The van der Waals surface area contributed by atoms with Gasteiger partial charge in [0.15, 0.2) is 0 Å². The molecule has 0 atom stereocenters. The number of hydrogen-bond acceptors (Lipinski definition) is 7. The van der Waals surface area contributed by atoms with E-state index in [9.17, 15) is 0 Å². The molecule has 0 saturated heterocycles. The highest BCUT2D eigenvalue weighted by atomic mass is 32.2. The summed E-state index contributed by atoms with van der Waals surface area (Å²) >= 11 is 1.58. The molecular weight excluding hydrogens is 288 g/mol. The van der Waals surface area contributed by atoms with Crippen LogP contribution in [-0.2, 0) is 12.3 Å². The first-order valence-electron chi connectivity index (χ1n) is 6.97. The third-order valence-corrected chi connectivity index (χ3v) is 4.16. The Morgan fingerprint density at radius 2 is 2.33 bits per heavy atom. The first-order chi connectivity index (χ1) is 10.3. The molecule has 2 heterocycles. The van der Waals surface area contributed by atoms with Crippen LogP contribution in [-0.4, -0.2) is 44.9 Å². The molecule has 2 aromatic heterocycles. The van der Waals surface area contributed by atoms with E-state index in [1.165, 1.54) is 12.8 Å². The molecule has 7 nitrogen and oxygen atoms in total. The van der Waals surface area contributed by atoms with E-state index in [-0.39, 0.29) is 0 Å². The third kappa shape index (κ3) is 4.15. The van der Waals surface area contributed by atoms with Gasteiger partial charge in [0.2, 0.25) is 11.0 Å². The maximum absolute atomic E-state index is 5.12. The molecule has 21 heavy (non-hydrogen) atoms. The van der Waals surface area contributed by atoms with Crippen molar-refractivity contribution in [2.75, 3.05) is 13.7 Å². The second-order valence-electron chi connectivity index (χ2n) is 4.87. The van der Waals surface area contributed by atoms with Gasteiger partial charge in [0.1, 0.15) is 0 Å². The first kappa shape index (κ1) is 14.3. The van der Waals surface area contributed by atoms with Gasteiger partial charge in [0.05, 0.1) is 19.3 Å². The normalized spacial score (nSPS) is 14.3. The number of thioether (sulfide) groups is 1. The van der Waals surface area contributed by atoms with E-state index in [0.29, 0.717) is 17.7 Å². The molecule has 1 aliphatic rings. The van der Waals surface area contributed by atoms with Crippen LogP contribution in [0.1, 0.15) is 18.5 Å². The highest BCUT2D eigenvalue weighted by molar-refractivity contribution is 7.98. The Bertz CT molecular complexity index is 586. The van der Waals surface area contributed by atoms with Crippen molar-refractivity contribution < 1.29 is 4.74 Å². The Morgan fingerprint density at radius 3 is 3.14 bits per heavy atom. The van der Waals surface area contributed by atoms with E-state index in [0.717, 1.165) is 23.9 Å². The zero-order valence-electron chi connectivity index (χ0n) is 11.9. The maximum atomic E-state index is 5.12. The summed E-state index contributed by atoms with van der Waals surface area (Å²) in [7, 11) is 1.62. The SMILES string of the molecule is COc1cccc(CSc2nnnn2CCNC2CC2)n1. The molecule has 0 radical (unpaired) electrons. The van der Waals surface area contributed by atoms with Crippen LogP contribution < -0.4 is 10.1 Å². The van der Waals surface area contributed by atoms with Crippen molar-refractivity contribution in [3.8, 4) is 5.88 Å². The molecule has 0 aliphatic heterocycles. The van der Waals surface area contributed by atoms with Gasteiger partial charge < -0.3 is 10.1 Å². The molecule has 1 N–H and O–H groups in total. The topological polar surface area (TPSA) is 77.8 Å².